The second-order valence-electron chi connectivity index (χ2n) is 5.13. The van der Waals surface area contributed by atoms with Crippen LogP contribution < -0.4 is 10.5 Å². The first kappa shape index (κ1) is 10.2. The van der Waals surface area contributed by atoms with Crippen molar-refractivity contribution in [3.63, 3.8) is 0 Å². The molecule has 86 valence electrons. The quantitative estimate of drug-likeness (QED) is 0.822. The van der Waals surface area contributed by atoms with Gasteiger partial charge in [-0.3, -0.25) is 0 Å². The highest BCUT2D eigenvalue weighted by molar-refractivity contribution is 5.39. The maximum Gasteiger partial charge on any atom is 0.122 e. The molecule has 2 aliphatic carbocycles. The summed E-state index contributed by atoms with van der Waals surface area (Å²) in [5.74, 6) is 3.25. The van der Waals surface area contributed by atoms with Crippen LogP contribution in [0.25, 0.3) is 0 Å². The molecule has 2 N–H and O–H groups in total. The first-order valence-corrected chi connectivity index (χ1v) is 6.30. The van der Waals surface area contributed by atoms with E-state index >= 15 is 0 Å². The van der Waals surface area contributed by atoms with Crippen LogP contribution >= 0.6 is 0 Å². The molecule has 16 heavy (non-hydrogen) atoms. The van der Waals surface area contributed by atoms with Gasteiger partial charge in [-0.2, -0.15) is 0 Å². The lowest BCUT2D eigenvalue weighted by Crippen LogP contribution is -2.04. The summed E-state index contributed by atoms with van der Waals surface area (Å²) in [4.78, 5) is 0. The Morgan fingerprint density at radius 1 is 1.25 bits per heavy atom. The van der Waals surface area contributed by atoms with Crippen molar-refractivity contribution in [2.24, 2.45) is 17.6 Å². The summed E-state index contributed by atoms with van der Waals surface area (Å²) in [6, 6.07) is 8.46. The predicted molar refractivity (Wildman–Crippen MR) is 64.6 cm³/mol. The van der Waals surface area contributed by atoms with E-state index in [9.17, 15) is 0 Å². The zero-order valence-corrected chi connectivity index (χ0v) is 9.56. The van der Waals surface area contributed by atoms with E-state index in [-0.39, 0.29) is 0 Å². The van der Waals surface area contributed by atoms with Crippen molar-refractivity contribution in [2.45, 2.75) is 25.2 Å². The van der Waals surface area contributed by atoms with E-state index in [0.717, 1.165) is 24.8 Å². The molecule has 0 heterocycles. The van der Waals surface area contributed by atoms with Gasteiger partial charge < -0.3 is 10.5 Å². The Morgan fingerprint density at radius 3 is 2.75 bits per heavy atom. The molecule has 2 nitrogen and oxygen atoms in total. The van der Waals surface area contributed by atoms with E-state index in [1.807, 2.05) is 0 Å². The van der Waals surface area contributed by atoms with Crippen LogP contribution in [0.2, 0.25) is 0 Å². The fraction of sp³-hybridized carbons (Fsp3) is 0.571. The van der Waals surface area contributed by atoms with Gasteiger partial charge in [-0.1, -0.05) is 18.2 Å². The van der Waals surface area contributed by atoms with Gasteiger partial charge in [0.05, 0.1) is 6.61 Å². The molecule has 2 fully saturated rings. The van der Waals surface area contributed by atoms with Crippen LogP contribution in [0.4, 0.5) is 0 Å². The van der Waals surface area contributed by atoms with Crippen molar-refractivity contribution in [3.05, 3.63) is 29.8 Å². The maximum absolute atomic E-state index is 5.91. The zero-order chi connectivity index (χ0) is 11.0. The third-order valence-corrected chi connectivity index (χ3v) is 3.72. The molecule has 0 bridgehead atoms. The van der Waals surface area contributed by atoms with Crippen LogP contribution in [0.3, 0.4) is 0 Å². The van der Waals surface area contributed by atoms with E-state index in [1.165, 1.54) is 24.8 Å². The summed E-state index contributed by atoms with van der Waals surface area (Å²) >= 11 is 0. The van der Waals surface area contributed by atoms with Crippen LogP contribution in [-0.4, -0.2) is 13.2 Å². The van der Waals surface area contributed by atoms with Crippen molar-refractivity contribution in [1.29, 1.82) is 0 Å². The fourth-order valence-electron chi connectivity index (χ4n) is 2.30. The monoisotopic (exact) mass is 217 g/mol. The lowest BCUT2D eigenvalue weighted by atomic mass is 10.1. The van der Waals surface area contributed by atoms with Crippen molar-refractivity contribution in [2.75, 3.05) is 13.2 Å². The van der Waals surface area contributed by atoms with E-state index < -0.39 is 0 Å². The Bertz CT molecular complexity index is 373. The van der Waals surface area contributed by atoms with Crippen LogP contribution in [-0.2, 0) is 0 Å². The highest BCUT2D eigenvalue weighted by Gasteiger charge is 2.38. The van der Waals surface area contributed by atoms with Crippen LogP contribution in [0, 0.1) is 11.8 Å². The molecule has 2 atom stereocenters. The molecule has 0 spiro atoms. The van der Waals surface area contributed by atoms with E-state index in [1.54, 1.807) is 0 Å². The first-order valence-electron chi connectivity index (χ1n) is 6.30. The Kier molecular flexibility index (Phi) is 2.60. The van der Waals surface area contributed by atoms with Gasteiger partial charge in [-0.25, -0.2) is 0 Å². The SMILES string of the molecule is NC[C@H]1C[C@@H]1c1ccccc1OCC1CC1. The standard InChI is InChI=1S/C14H19NO/c15-8-11-7-13(11)12-3-1-2-4-14(12)16-9-10-5-6-10/h1-4,10-11,13H,5-9,15H2/t11-,13+/m1/s1. The minimum absolute atomic E-state index is 0.653. The fourth-order valence-corrected chi connectivity index (χ4v) is 2.30. The summed E-state index contributed by atoms with van der Waals surface area (Å²) in [5.41, 5.74) is 7.08. The van der Waals surface area contributed by atoms with Gasteiger partial charge in [0, 0.05) is 0 Å². The van der Waals surface area contributed by atoms with Crippen LogP contribution in [0.15, 0.2) is 24.3 Å². The van der Waals surface area contributed by atoms with Crippen molar-refractivity contribution >= 4 is 0 Å². The number of nitrogens with two attached hydrogens (primary N) is 1. The summed E-state index contributed by atoms with van der Waals surface area (Å²) in [6.45, 7) is 1.71. The molecule has 0 amide bonds. The second-order valence-corrected chi connectivity index (χ2v) is 5.13. The van der Waals surface area contributed by atoms with E-state index in [2.05, 4.69) is 24.3 Å². The molecule has 0 saturated heterocycles. The molecule has 0 aromatic heterocycles. The summed E-state index contributed by atoms with van der Waals surface area (Å²) in [5, 5.41) is 0. The highest BCUT2D eigenvalue weighted by atomic mass is 16.5. The number of benzene rings is 1. The van der Waals surface area contributed by atoms with Gasteiger partial charge >= 0.3 is 0 Å². The summed E-state index contributed by atoms with van der Waals surface area (Å²) in [6.07, 6.45) is 3.92. The minimum Gasteiger partial charge on any atom is -0.493 e. The number of ether oxygens (including phenoxy) is 1. The third kappa shape index (κ3) is 2.07. The minimum atomic E-state index is 0.653. The molecule has 1 aromatic carbocycles. The first-order chi connectivity index (χ1) is 7.88. The average Bonchev–Trinajstić information content (AvgIpc) is 3.20. The maximum atomic E-state index is 5.91. The van der Waals surface area contributed by atoms with Crippen LogP contribution in [0.5, 0.6) is 5.75 Å². The third-order valence-electron chi connectivity index (χ3n) is 3.72. The van der Waals surface area contributed by atoms with Crippen molar-refractivity contribution in [1.82, 2.24) is 0 Å². The Hall–Kier alpha value is -1.02. The molecule has 1 aromatic rings. The number of hydrogen-bond donors (Lipinski definition) is 1. The highest BCUT2D eigenvalue weighted by Crippen LogP contribution is 2.49. The van der Waals surface area contributed by atoms with Gasteiger partial charge in [0.15, 0.2) is 0 Å². The molecular formula is C14H19NO. The molecule has 0 aliphatic heterocycles. The molecular weight excluding hydrogens is 198 g/mol. The normalized spacial score (nSPS) is 27.8. The smallest absolute Gasteiger partial charge is 0.122 e. The summed E-state index contributed by atoms with van der Waals surface area (Å²) < 4.78 is 5.91. The molecule has 2 saturated carbocycles. The van der Waals surface area contributed by atoms with Gasteiger partial charge in [0.25, 0.3) is 0 Å². The predicted octanol–water partition coefficient (Wildman–Crippen LogP) is 2.54. The van der Waals surface area contributed by atoms with Crippen LogP contribution in [0.1, 0.15) is 30.7 Å². The average molecular weight is 217 g/mol. The zero-order valence-electron chi connectivity index (χ0n) is 9.56. The second kappa shape index (κ2) is 4.10. The Morgan fingerprint density at radius 2 is 2.06 bits per heavy atom. The van der Waals surface area contributed by atoms with Gasteiger partial charge in [-0.05, 0) is 55.2 Å². The Labute approximate surface area is 96.8 Å². The molecule has 0 unspecified atom stereocenters. The molecule has 2 aliphatic rings. The van der Waals surface area contributed by atoms with Gasteiger partial charge in [0.2, 0.25) is 0 Å². The number of rotatable bonds is 5. The van der Waals surface area contributed by atoms with E-state index in [4.69, 9.17) is 10.5 Å². The molecule has 0 radical (unpaired) electrons. The van der Waals surface area contributed by atoms with E-state index in [0.29, 0.717) is 11.8 Å². The van der Waals surface area contributed by atoms with Crippen molar-refractivity contribution < 1.29 is 4.74 Å². The molecule has 2 heteroatoms. The summed E-state index contributed by atoms with van der Waals surface area (Å²) in [7, 11) is 0. The van der Waals surface area contributed by atoms with Gasteiger partial charge in [0.1, 0.15) is 5.75 Å². The lowest BCUT2D eigenvalue weighted by molar-refractivity contribution is 0.296. The number of hydrogen-bond acceptors (Lipinski definition) is 2. The topological polar surface area (TPSA) is 35.2 Å². The van der Waals surface area contributed by atoms with Crippen molar-refractivity contribution in [3.8, 4) is 5.75 Å². The number of para-hydroxylation sites is 1. The molecule has 3 rings (SSSR count). The lowest BCUT2D eigenvalue weighted by Gasteiger charge is -2.10. The Balaban J connectivity index is 1.70. The van der Waals surface area contributed by atoms with Gasteiger partial charge in [-0.15, -0.1) is 0 Å². The largest absolute Gasteiger partial charge is 0.493 e.